The van der Waals surface area contributed by atoms with Crippen LogP contribution in [0.3, 0.4) is 0 Å². The first-order chi connectivity index (χ1) is 6.89. The Bertz CT molecular complexity index is 211. The lowest BCUT2D eigenvalue weighted by molar-refractivity contribution is 0.305. The van der Waals surface area contributed by atoms with Gasteiger partial charge in [-0.15, -0.1) is 11.5 Å². The number of hydrogen-bond donors (Lipinski definition) is 1. The molecule has 0 aliphatic rings. The van der Waals surface area contributed by atoms with E-state index in [1.807, 2.05) is 0 Å². The number of aliphatic hydroxyl groups is 1. The maximum absolute atomic E-state index is 8.79. The third kappa shape index (κ3) is 3.36. The summed E-state index contributed by atoms with van der Waals surface area (Å²) < 4.78 is 0. The predicted molar refractivity (Wildman–Crippen MR) is 70.5 cm³/mol. The summed E-state index contributed by atoms with van der Waals surface area (Å²) in [6, 6.07) is 0. The Morgan fingerprint density at radius 1 is 0.933 bits per heavy atom. The first kappa shape index (κ1) is 14.7. The number of hydrogen-bond acceptors (Lipinski definition) is 1. The van der Waals surface area contributed by atoms with Crippen LogP contribution in [0.1, 0.15) is 48.0 Å². The highest BCUT2D eigenvalue weighted by molar-refractivity contribution is 6.90. The molecular weight excluding hydrogens is 200 g/mol. The smallest absolute Gasteiger partial charge is 0.145 e. The lowest BCUT2D eigenvalue weighted by atomic mass is 10.5. The molecule has 1 N–H and O–H groups in total. The fourth-order valence-electron chi connectivity index (χ4n) is 2.70. The standard InChI is InChI=1S/C13H26OSi/c1-11(2)15(12(3)4,13(5)6)10-8-7-9-14/h11-14H,7,9H2,1-6H3. The molecule has 0 aliphatic carbocycles. The molecule has 0 aromatic rings. The van der Waals surface area contributed by atoms with Gasteiger partial charge in [0, 0.05) is 6.42 Å². The van der Waals surface area contributed by atoms with Gasteiger partial charge in [0.05, 0.1) is 6.61 Å². The zero-order chi connectivity index (χ0) is 12.1. The van der Waals surface area contributed by atoms with E-state index in [4.69, 9.17) is 5.11 Å². The topological polar surface area (TPSA) is 20.2 Å². The molecule has 0 aliphatic heterocycles. The molecule has 88 valence electrons. The third-order valence-electron chi connectivity index (χ3n) is 3.41. The fraction of sp³-hybridized carbons (Fsp3) is 0.846. The van der Waals surface area contributed by atoms with Crippen LogP contribution in [0.2, 0.25) is 16.6 Å². The molecule has 0 saturated carbocycles. The highest BCUT2D eigenvalue weighted by Crippen LogP contribution is 2.40. The molecule has 0 spiro atoms. The summed E-state index contributed by atoms with van der Waals surface area (Å²) >= 11 is 0. The Balaban J connectivity index is 5.08. The van der Waals surface area contributed by atoms with Crippen molar-refractivity contribution in [2.45, 2.75) is 64.6 Å². The van der Waals surface area contributed by atoms with Gasteiger partial charge < -0.3 is 5.11 Å². The molecule has 0 rings (SSSR count). The Labute approximate surface area is 96.3 Å². The SMILES string of the molecule is CC(C)[Si](C#CCCO)(C(C)C)C(C)C. The van der Waals surface area contributed by atoms with Crippen molar-refractivity contribution in [3.05, 3.63) is 0 Å². The molecule has 0 amide bonds. The second kappa shape index (κ2) is 6.35. The fourth-order valence-corrected chi connectivity index (χ4v) is 8.00. The van der Waals surface area contributed by atoms with E-state index in [1.54, 1.807) is 0 Å². The summed E-state index contributed by atoms with van der Waals surface area (Å²) in [6.45, 7) is 14.0. The van der Waals surface area contributed by atoms with Gasteiger partial charge >= 0.3 is 0 Å². The summed E-state index contributed by atoms with van der Waals surface area (Å²) in [5.74, 6) is 3.18. The van der Waals surface area contributed by atoms with Crippen molar-refractivity contribution in [3.8, 4) is 11.5 Å². The van der Waals surface area contributed by atoms with E-state index in [1.165, 1.54) is 0 Å². The molecule has 0 aromatic heterocycles. The zero-order valence-corrected chi connectivity index (χ0v) is 12.1. The van der Waals surface area contributed by atoms with E-state index < -0.39 is 8.07 Å². The average Bonchev–Trinajstić information content (AvgIpc) is 2.10. The second-order valence-electron chi connectivity index (χ2n) is 5.17. The van der Waals surface area contributed by atoms with E-state index >= 15 is 0 Å². The van der Waals surface area contributed by atoms with Crippen molar-refractivity contribution in [1.29, 1.82) is 0 Å². The Kier molecular flexibility index (Phi) is 6.24. The number of rotatable bonds is 4. The Morgan fingerprint density at radius 2 is 1.33 bits per heavy atom. The van der Waals surface area contributed by atoms with E-state index in [-0.39, 0.29) is 6.61 Å². The van der Waals surface area contributed by atoms with E-state index in [0.29, 0.717) is 23.0 Å². The second-order valence-corrected chi connectivity index (χ2v) is 10.8. The average molecular weight is 226 g/mol. The van der Waals surface area contributed by atoms with E-state index in [0.717, 1.165) is 0 Å². The van der Waals surface area contributed by atoms with Crippen LogP contribution >= 0.6 is 0 Å². The van der Waals surface area contributed by atoms with Gasteiger partial charge in [0.1, 0.15) is 8.07 Å². The van der Waals surface area contributed by atoms with Crippen LogP contribution in [0.4, 0.5) is 0 Å². The normalized spacial score (nSPS) is 12.1. The minimum absolute atomic E-state index is 0.186. The van der Waals surface area contributed by atoms with Crippen LogP contribution in [-0.2, 0) is 0 Å². The van der Waals surface area contributed by atoms with Crippen LogP contribution < -0.4 is 0 Å². The van der Waals surface area contributed by atoms with Gasteiger partial charge in [-0.3, -0.25) is 0 Å². The molecule has 0 bridgehead atoms. The molecule has 0 fully saturated rings. The van der Waals surface area contributed by atoms with Gasteiger partial charge in [-0.05, 0) is 16.6 Å². The molecule has 0 heterocycles. The number of aliphatic hydroxyl groups excluding tert-OH is 1. The van der Waals surface area contributed by atoms with E-state index in [2.05, 4.69) is 53.0 Å². The van der Waals surface area contributed by atoms with Crippen LogP contribution in [0.5, 0.6) is 0 Å². The lowest BCUT2D eigenvalue weighted by Gasteiger charge is -2.38. The Hall–Kier alpha value is -0.263. The van der Waals surface area contributed by atoms with Gasteiger partial charge in [-0.1, -0.05) is 41.5 Å². The van der Waals surface area contributed by atoms with Gasteiger partial charge in [0.15, 0.2) is 0 Å². The summed E-state index contributed by atoms with van der Waals surface area (Å²) in [5, 5.41) is 8.79. The molecule has 2 heteroatoms. The van der Waals surface area contributed by atoms with Gasteiger partial charge in [-0.2, -0.15) is 0 Å². The molecule has 15 heavy (non-hydrogen) atoms. The summed E-state index contributed by atoms with van der Waals surface area (Å²) in [4.78, 5) is 0. The summed E-state index contributed by atoms with van der Waals surface area (Å²) in [5.41, 5.74) is 5.61. The van der Waals surface area contributed by atoms with Crippen LogP contribution in [0.15, 0.2) is 0 Å². The molecular formula is C13H26OSi. The van der Waals surface area contributed by atoms with Crippen molar-refractivity contribution in [2.75, 3.05) is 6.61 Å². The minimum atomic E-state index is -1.54. The minimum Gasteiger partial charge on any atom is -0.395 e. The molecule has 0 unspecified atom stereocenters. The molecule has 0 aromatic carbocycles. The largest absolute Gasteiger partial charge is 0.395 e. The molecule has 0 saturated heterocycles. The lowest BCUT2D eigenvalue weighted by Crippen LogP contribution is -2.43. The zero-order valence-electron chi connectivity index (χ0n) is 11.1. The van der Waals surface area contributed by atoms with Crippen molar-refractivity contribution < 1.29 is 5.11 Å². The third-order valence-corrected chi connectivity index (χ3v) is 9.75. The van der Waals surface area contributed by atoms with Crippen molar-refractivity contribution >= 4 is 8.07 Å². The van der Waals surface area contributed by atoms with Crippen LogP contribution in [-0.4, -0.2) is 19.8 Å². The van der Waals surface area contributed by atoms with Gasteiger partial charge in [0.25, 0.3) is 0 Å². The Morgan fingerprint density at radius 3 is 1.60 bits per heavy atom. The predicted octanol–water partition coefficient (Wildman–Crippen LogP) is 3.59. The molecule has 0 radical (unpaired) electrons. The quantitative estimate of drug-likeness (QED) is 0.574. The van der Waals surface area contributed by atoms with Crippen molar-refractivity contribution in [1.82, 2.24) is 0 Å². The van der Waals surface area contributed by atoms with Crippen LogP contribution in [0, 0.1) is 11.5 Å². The van der Waals surface area contributed by atoms with Crippen molar-refractivity contribution in [2.24, 2.45) is 0 Å². The summed E-state index contributed by atoms with van der Waals surface area (Å²) in [6.07, 6.45) is 0.626. The van der Waals surface area contributed by atoms with Crippen molar-refractivity contribution in [3.63, 3.8) is 0 Å². The van der Waals surface area contributed by atoms with Crippen LogP contribution in [0.25, 0.3) is 0 Å². The maximum atomic E-state index is 8.79. The molecule has 0 atom stereocenters. The van der Waals surface area contributed by atoms with Gasteiger partial charge in [0.2, 0.25) is 0 Å². The maximum Gasteiger partial charge on any atom is 0.145 e. The first-order valence-electron chi connectivity index (χ1n) is 6.00. The van der Waals surface area contributed by atoms with Gasteiger partial charge in [-0.25, -0.2) is 0 Å². The molecule has 1 nitrogen and oxygen atoms in total. The van der Waals surface area contributed by atoms with E-state index in [9.17, 15) is 0 Å². The first-order valence-corrected chi connectivity index (χ1v) is 8.23. The highest BCUT2D eigenvalue weighted by Gasteiger charge is 2.41. The highest BCUT2D eigenvalue weighted by atomic mass is 28.3. The monoisotopic (exact) mass is 226 g/mol. The summed E-state index contributed by atoms with van der Waals surface area (Å²) in [7, 11) is -1.54.